The van der Waals surface area contributed by atoms with Crippen molar-refractivity contribution in [1.82, 2.24) is 15.3 Å². The van der Waals surface area contributed by atoms with Gasteiger partial charge in [-0.1, -0.05) is 0 Å². The molecule has 170 valence electrons. The summed E-state index contributed by atoms with van der Waals surface area (Å²) in [7, 11) is 1.80. The predicted octanol–water partition coefficient (Wildman–Crippen LogP) is 0.984. The van der Waals surface area contributed by atoms with Gasteiger partial charge in [0.05, 0.1) is 31.9 Å². The zero-order valence-corrected chi connectivity index (χ0v) is 17.9. The van der Waals surface area contributed by atoms with Gasteiger partial charge in [0, 0.05) is 45.7 Å². The van der Waals surface area contributed by atoms with Crippen LogP contribution in [0.1, 0.15) is 13.8 Å². The Bertz CT molecular complexity index is 845. The molecule has 1 aromatic carbocycles. The topological polar surface area (TPSA) is 85.4 Å². The Morgan fingerprint density at radius 2 is 1.94 bits per heavy atom. The van der Waals surface area contributed by atoms with Gasteiger partial charge in [-0.3, -0.25) is 14.5 Å². The number of ether oxygens (including phenoxy) is 1. The molecule has 0 spiro atoms. The number of carbonyl (C=O) groups excluding carboxylic acids is 3. The van der Waals surface area contributed by atoms with Crippen LogP contribution in [0.15, 0.2) is 12.1 Å². The van der Waals surface area contributed by atoms with Crippen molar-refractivity contribution in [1.29, 1.82) is 0 Å². The number of ketones is 1. The summed E-state index contributed by atoms with van der Waals surface area (Å²) in [6.07, 6.45) is -1.33. The van der Waals surface area contributed by atoms with Crippen molar-refractivity contribution in [3.8, 4) is 0 Å². The smallest absolute Gasteiger partial charge is 0.414 e. The molecule has 11 heteroatoms. The Morgan fingerprint density at radius 3 is 2.48 bits per heavy atom. The van der Waals surface area contributed by atoms with Crippen molar-refractivity contribution in [2.45, 2.75) is 20.0 Å². The van der Waals surface area contributed by atoms with Gasteiger partial charge in [-0.05, 0) is 6.92 Å². The quantitative estimate of drug-likeness (QED) is 0.647. The molecule has 0 bridgehead atoms. The van der Waals surface area contributed by atoms with Crippen LogP contribution < -0.4 is 15.1 Å². The van der Waals surface area contributed by atoms with E-state index in [0.29, 0.717) is 26.2 Å². The molecule has 2 aliphatic rings. The van der Waals surface area contributed by atoms with Gasteiger partial charge in [0.25, 0.3) is 0 Å². The fraction of sp³-hybridized carbons (Fsp3) is 0.550. The highest BCUT2D eigenvalue weighted by molar-refractivity contribution is 5.90. The monoisotopic (exact) mass is 439 g/mol. The molecule has 0 aliphatic carbocycles. The lowest BCUT2D eigenvalue weighted by atomic mass is 10.2. The van der Waals surface area contributed by atoms with Crippen LogP contribution in [0.4, 0.5) is 25.0 Å². The highest BCUT2D eigenvalue weighted by Crippen LogP contribution is 2.31. The number of nitrogens with zero attached hydrogens (tertiary/aromatic N) is 4. The third kappa shape index (κ3) is 5.28. The number of benzene rings is 1. The number of amides is 2. The van der Waals surface area contributed by atoms with E-state index in [4.69, 9.17) is 4.74 Å². The molecule has 2 saturated heterocycles. The third-order valence-electron chi connectivity index (χ3n) is 5.34. The third-order valence-corrected chi connectivity index (χ3v) is 5.34. The molecule has 2 aliphatic heterocycles. The second kappa shape index (κ2) is 9.56. The Hall–Kier alpha value is -2.79. The molecule has 2 amide bonds. The fourth-order valence-corrected chi connectivity index (χ4v) is 3.75. The van der Waals surface area contributed by atoms with E-state index in [9.17, 15) is 23.2 Å². The number of likely N-dealkylation sites (N-methyl/N-ethyl adjacent to an activating group) is 2. The van der Waals surface area contributed by atoms with Gasteiger partial charge in [-0.15, -0.1) is 0 Å². The molecule has 2 fully saturated rings. The van der Waals surface area contributed by atoms with Crippen molar-refractivity contribution >= 4 is 29.2 Å². The van der Waals surface area contributed by atoms with Gasteiger partial charge in [-0.25, -0.2) is 23.6 Å². The molecular weight excluding hydrogens is 412 g/mol. The van der Waals surface area contributed by atoms with Gasteiger partial charge in [-0.2, -0.15) is 0 Å². The first-order valence-corrected chi connectivity index (χ1v) is 10.1. The molecule has 1 atom stereocenters. The summed E-state index contributed by atoms with van der Waals surface area (Å²) in [5.41, 5.74) is -0.128. The maximum absolute atomic E-state index is 14.9. The lowest BCUT2D eigenvalue weighted by Crippen LogP contribution is -2.40. The van der Waals surface area contributed by atoms with E-state index in [1.54, 1.807) is 23.9 Å². The molecule has 0 saturated carbocycles. The largest absolute Gasteiger partial charge is 0.442 e. The number of carbonyl (C=O) groups is 3. The molecule has 0 aromatic heterocycles. The minimum atomic E-state index is -0.791. The summed E-state index contributed by atoms with van der Waals surface area (Å²) in [5.74, 6) is -1.75. The molecule has 3 rings (SSSR count). The highest BCUT2D eigenvalue weighted by atomic mass is 19.1. The standard InChI is InChI=1S/C20H27F2N5O4/c1-4-25(5-6-26-11-15(29)10-24(26)3)19-17(21)7-14(8-18(19)22)27-12-16(31-20(27)30)9-23-13(2)28/h7-8,16H,4-6,9-12H2,1-3H3,(H,23,28)/t16-/m0/s1. The second-order valence-electron chi connectivity index (χ2n) is 7.63. The number of hydrogen-bond donors (Lipinski definition) is 1. The average molecular weight is 439 g/mol. The number of rotatable bonds is 8. The summed E-state index contributed by atoms with van der Waals surface area (Å²) < 4.78 is 35.0. The van der Waals surface area contributed by atoms with E-state index >= 15 is 0 Å². The molecular formula is C20H27F2N5O4. The number of nitrogens with one attached hydrogen (secondary N) is 1. The first kappa shape index (κ1) is 22.9. The van der Waals surface area contributed by atoms with Gasteiger partial charge >= 0.3 is 6.09 Å². The summed E-state index contributed by atoms with van der Waals surface area (Å²) >= 11 is 0. The maximum Gasteiger partial charge on any atom is 0.414 e. The summed E-state index contributed by atoms with van der Waals surface area (Å²) in [5, 5.41) is 6.18. The molecule has 1 aromatic rings. The Kier molecular flexibility index (Phi) is 7.06. The Morgan fingerprint density at radius 1 is 1.26 bits per heavy atom. The summed E-state index contributed by atoms with van der Waals surface area (Å²) in [6.45, 7) is 5.08. The van der Waals surface area contributed by atoms with Crippen LogP contribution in [-0.4, -0.2) is 86.8 Å². The number of halogens is 2. The van der Waals surface area contributed by atoms with Gasteiger partial charge < -0.3 is 15.0 Å². The van der Waals surface area contributed by atoms with Crippen molar-refractivity contribution in [3.05, 3.63) is 23.8 Å². The highest BCUT2D eigenvalue weighted by Gasteiger charge is 2.34. The van der Waals surface area contributed by atoms with E-state index in [1.807, 2.05) is 5.01 Å². The van der Waals surface area contributed by atoms with Crippen LogP contribution in [0, 0.1) is 11.6 Å². The normalized spacial score (nSPS) is 19.8. The van der Waals surface area contributed by atoms with Gasteiger partial charge in [0.15, 0.2) is 17.4 Å². The average Bonchev–Trinajstić information content (AvgIpc) is 3.22. The van der Waals surface area contributed by atoms with E-state index in [1.165, 1.54) is 6.92 Å². The van der Waals surface area contributed by atoms with Crippen molar-refractivity contribution in [3.63, 3.8) is 0 Å². The zero-order chi connectivity index (χ0) is 22.7. The first-order valence-electron chi connectivity index (χ1n) is 10.1. The van der Waals surface area contributed by atoms with E-state index in [0.717, 1.165) is 17.0 Å². The van der Waals surface area contributed by atoms with Gasteiger partial charge in [0.1, 0.15) is 11.8 Å². The van der Waals surface area contributed by atoms with Crippen LogP contribution in [0.5, 0.6) is 0 Å². The van der Waals surface area contributed by atoms with E-state index in [2.05, 4.69) is 5.32 Å². The maximum atomic E-state index is 14.9. The number of hydrazine groups is 1. The van der Waals surface area contributed by atoms with Gasteiger partial charge in [0.2, 0.25) is 5.91 Å². The molecule has 31 heavy (non-hydrogen) atoms. The van der Waals surface area contributed by atoms with E-state index < -0.39 is 23.8 Å². The number of anilines is 2. The number of hydrogen-bond acceptors (Lipinski definition) is 7. The number of Topliss-reactive ketones (excluding diaryl/α,β-unsaturated/α-hetero) is 1. The van der Waals surface area contributed by atoms with Crippen LogP contribution in [0.3, 0.4) is 0 Å². The molecule has 9 nitrogen and oxygen atoms in total. The van der Waals surface area contributed by atoms with Crippen molar-refractivity contribution in [2.75, 3.05) is 62.7 Å². The minimum absolute atomic E-state index is 0.0509. The molecule has 1 N–H and O–H groups in total. The van der Waals surface area contributed by atoms with Crippen molar-refractivity contribution < 1.29 is 27.9 Å². The Balaban J connectivity index is 1.71. The molecule has 0 radical (unpaired) electrons. The summed E-state index contributed by atoms with van der Waals surface area (Å²) in [6, 6.07) is 2.21. The number of cyclic esters (lactones) is 1. The fourth-order valence-electron chi connectivity index (χ4n) is 3.75. The second-order valence-corrected chi connectivity index (χ2v) is 7.63. The first-order chi connectivity index (χ1) is 14.7. The zero-order valence-electron chi connectivity index (χ0n) is 17.9. The summed E-state index contributed by atoms with van der Waals surface area (Å²) in [4.78, 5) is 37.4. The Labute approximate surface area is 179 Å². The molecule has 2 heterocycles. The van der Waals surface area contributed by atoms with Crippen LogP contribution >= 0.6 is 0 Å². The lowest BCUT2D eigenvalue weighted by Gasteiger charge is -2.29. The lowest BCUT2D eigenvalue weighted by molar-refractivity contribution is -0.119. The predicted molar refractivity (Wildman–Crippen MR) is 110 cm³/mol. The van der Waals surface area contributed by atoms with Crippen LogP contribution in [0.2, 0.25) is 0 Å². The van der Waals surface area contributed by atoms with E-state index in [-0.39, 0.29) is 42.7 Å². The van der Waals surface area contributed by atoms with Crippen LogP contribution in [0.25, 0.3) is 0 Å². The minimum Gasteiger partial charge on any atom is -0.442 e. The SMILES string of the molecule is CCN(CCN1CC(=O)CN1C)c1c(F)cc(N2C[C@H](CNC(C)=O)OC2=O)cc1F. The van der Waals surface area contributed by atoms with Crippen molar-refractivity contribution in [2.24, 2.45) is 0 Å². The molecule has 0 unspecified atom stereocenters. The van der Waals surface area contributed by atoms with Crippen LogP contribution in [-0.2, 0) is 14.3 Å².